The molecule has 0 atom stereocenters. The van der Waals surface area contributed by atoms with Crippen LogP contribution < -0.4 is 0 Å². The molecule has 0 saturated carbocycles. The zero-order valence-corrected chi connectivity index (χ0v) is 27.6. The Kier molecular flexibility index (Phi) is 6.81. The minimum atomic E-state index is 0.682. The zero-order chi connectivity index (χ0) is 33.7. The van der Waals surface area contributed by atoms with Crippen molar-refractivity contribution in [1.29, 1.82) is 0 Å². The van der Waals surface area contributed by atoms with Crippen LogP contribution in [-0.4, -0.2) is 9.97 Å². The summed E-state index contributed by atoms with van der Waals surface area (Å²) in [5.74, 6) is 0.682. The molecule has 0 bridgehead atoms. The van der Waals surface area contributed by atoms with Crippen LogP contribution in [-0.2, 0) is 0 Å². The Morgan fingerprint density at radius 1 is 0.353 bits per heavy atom. The fourth-order valence-electron chi connectivity index (χ4n) is 7.29. The molecule has 51 heavy (non-hydrogen) atoms. The van der Waals surface area contributed by atoms with Crippen LogP contribution in [0.5, 0.6) is 0 Å². The van der Waals surface area contributed by atoms with E-state index in [0.717, 1.165) is 71.9 Å². The van der Waals surface area contributed by atoms with E-state index in [4.69, 9.17) is 14.4 Å². The van der Waals surface area contributed by atoms with Crippen molar-refractivity contribution < 1.29 is 4.42 Å². The Hall–Kier alpha value is -6.84. The SMILES string of the molecule is c1ccc(-c2ccc3cc(-c4cc(-c5ccc(-c6ccccc6)c6oc7cc8ccccc8cc7c56)nc(-c5ccccc5)n4)ccc3c2)cc1. The number of hydrogen-bond acceptors (Lipinski definition) is 3. The van der Waals surface area contributed by atoms with Crippen molar-refractivity contribution in [2.45, 2.75) is 0 Å². The molecule has 10 rings (SSSR count). The van der Waals surface area contributed by atoms with E-state index in [9.17, 15) is 0 Å². The van der Waals surface area contributed by atoms with Crippen molar-refractivity contribution in [1.82, 2.24) is 9.97 Å². The summed E-state index contributed by atoms with van der Waals surface area (Å²) >= 11 is 0. The van der Waals surface area contributed by atoms with E-state index in [1.165, 1.54) is 21.9 Å². The third-order valence-corrected chi connectivity index (χ3v) is 9.85. The second kappa shape index (κ2) is 11.9. The van der Waals surface area contributed by atoms with Gasteiger partial charge in [-0.1, -0.05) is 146 Å². The van der Waals surface area contributed by atoms with E-state index in [-0.39, 0.29) is 0 Å². The monoisotopic (exact) mass is 650 g/mol. The molecule has 0 unspecified atom stereocenters. The van der Waals surface area contributed by atoms with Gasteiger partial charge in [-0.2, -0.15) is 0 Å². The molecule has 0 aliphatic rings. The summed E-state index contributed by atoms with van der Waals surface area (Å²) in [6, 6.07) is 63.8. The minimum Gasteiger partial charge on any atom is -0.455 e. The summed E-state index contributed by atoms with van der Waals surface area (Å²) in [6.45, 7) is 0. The Balaban J connectivity index is 1.20. The molecule has 0 N–H and O–H groups in total. The van der Waals surface area contributed by atoms with Crippen molar-refractivity contribution >= 4 is 43.5 Å². The van der Waals surface area contributed by atoms with Crippen molar-refractivity contribution in [2.75, 3.05) is 0 Å². The van der Waals surface area contributed by atoms with Gasteiger partial charge in [-0.3, -0.25) is 0 Å². The van der Waals surface area contributed by atoms with E-state index in [2.05, 4.69) is 158 Å². The maximum atomic E-state index is 6.78. The van der Waals surface area contributed by atoms with Crippen LogP contribution in [0.2, 0.25) is 0 Å². The Bertz CT molecular complexity index is 2890. The Morgan fingerprint density at radius 3 is 1.63 bits per heavy atom. The smallest absolute Gasteiger partial charge is 0.160 e. The molecular formula is C48H30N2O. The lowest BCUT2D eigenvalue weighted by Gasteiger charge is -2.12. The van der Waals surface area contributed by atoms with Crippen LogP contribution in [0.1, 0.15) is 0 Å². The first-order valence-electron chi connectivity index (χ1n) is 17.2. The molecule has 0 spiro atoms. The first-order valence-corrected chi connectivity index (χ1v) is 17.2. The van der Waals surface area contributed by atoms with Gasteiger partial charge in [0, 0.05) is 33.0 Å². The molecule has 0 fully saturated rings. The summed E-state index contributed by atoms with van der Waals surface area (Å²) in [7, 11) is 0. The van der Waals surface area contributed by atoms with Crippen molar-refractivity contribution in [3.8, 4) is 56.2 Å². The standard InChI is InChI=1S/C48H30N2O/c1-4-12-31(13-5-1)36-20-21-38-27-39(23-22-37(38)26-36)43-30-44(50-48(49-43)33-16-8-3-9-17-33)41-25-24-40(32-14-6-2-7-15-32)47-46(41)42-28-34-18-10-11-19-35(34)29-45(42)51-47/h1-30H. The summed E-state index contributed by atoms with van der Waals surface area (Å²) < 4.78 is 6.78. The van der Waals surface area contributed by atoms with Gasteiger partial charge in [0.05, 0.1) is 11.4 Å². The van der Waals surface area contributed by atoms with E-state index >= 15 is 0 Å². The van der Waals surface area contributed by atoms with Crippen LogP contribution >= 0.6 is 0 Å². The van der Waals surface area contributed by atoms with Gasteiger partial charge in [-0.15, -0.1) is 0 Å². The lowest BCUT2D eigenvalue weighted by molar-refractivity contribution is 0.670. The lowest BCUT2D eigenvalue weighted by Crippen LogP contribution is -1.96. The van der Waals surface area contributed by atoms with Crippen LogP contribution in [0.25, 0.3) is 99.6 Å². The number of nitrogens with zero attached hydrogens (tertiary/aromatic N) is 2. The number of benzene rings is 8. The largest absolute Gasteiger partial charge is 0.455 e. The van der Waals surface area contributed by atoms with Crippen molar-refractivity contribution in [3.05, 3.63) is 182 Å². The molecule has 0 amide bonds. The molecule has 3 heteroatoms. The van der Waals surface area contributed by atoms with Gasteiger partial charge in [-0.25, -0.2) is 9.97 Å². The first-order chi connectivity index (χ1) is 25.2. The quantitative estimate of drug-likeness (QED) is 0.186. The number of rotatable bonds is 5. The molecule has 238 valence electrons. The molecular weight excluding hydrogens is 621 g/mol. The van der Waals surface area contributed by atoms with Crippen LogP contribution in [0.4, 0.5) is 0 Å². The third kappa shape index (κ3) is 5.15. The van der Waals surface area contributed by atoms with E-state index in [1.807, 2.05) is 24.3 Å². The van der Waals surface area contributed by atoms with Crippen LogP contribution in [0.3, 0.4) is 0 Å². The predicted octanol–water partition coefficient (Wildman–Crippen LogP) is 13.0. The van der Waals surface area contributed by atoms with Gasteiger partial charge >= 0.3 is 0 Å². The van der Waals surface area contributed by atoms with Gasteiger partial charge < -0.3 is 4.42 Å². The minimum absolute atomic E-state index is 0.682. The summed E-state index contributed by atoms with van der Waals surface area (Å²) in [5.41, 5.74) is 11.0. The average Bonchev–Trinajstić information content (AvgIpc) is 3.58. The molecule has 0 radical (unpaired) electrons. The van der Waals surface area contributed by atoms with Crippen molar-refractivity contribution in [2.24, 2.45) is 0 Å². The van der Waals surface area contributed by atoms with Crippen molar-refractivity contribution in [3.63, 3.8) is 0 Å². The van der Waals surface area contributed by atoms with Gasteiger partial charge in [0.25, 0.3) is 0 Å². The number of aromatic nitrogens is 2. The molecule has 0 saturated heterocycles. The summed E-state index contributed by atoms with van der Waals surface area (Å²) in [4.78, 5) is 10.4. The first kappa shape index (κ1) is 29.1. The fourth-order valence-corrected chi connectivity index (χ4v) is 7.29. The topological polar surface area (TPSA) is 38.9 Å². The highest BCUT2D eigenvalue weighted by atomic mass is 16.3. The summed E-state index contributed by atoms with van der Waals surface area (Å²) in [6.07, 6.45) is 0. The molecule has 2 aromatic heterocycles. The molecule has 0 aliphatic heterocycles. The van der Waals surface area contributed by atoms with E-state index in [1.54, 1.807) is 0 Å². The van der Waals surface area contributed by atoms with E-state index < -0.39 is 0 Å². The predicted molar refractivity (Wildman–Crippen MR) is 212 cm³/mol. The normalized spacial score (nSPS) is 11.5. The molecule has 10 aromatic rings. The summed E-state index contributed by atoms with van der Waals surface area (Å²) in [5, 5.41) is 6.79. The molecule has 0 aliphatic carbocycles. The molecule has 3 nitrogen and oxygen atoms in total. The van der Waals surface area contributed by atoms with Gasteiger partial charge in [0.2, 0.25) is 0 Å². The molecule has 2 heterocycles. The Labute approximate surface area is 295 Å². The highest BCUT2D eigenvalue weighted by Crippen LogP contribution is 2.43. The second-order valence-corrected chi connectivity index (χ2v) is 13.0. The Morgan fingerprint density at radius 2 is 0.902 bits per heavy atom. The number of hydrogen-bond donors (Lipinski definition) is 0. The van der Waals surface area contributed by atoms with Crippen LogP contribution in [0, 0.1) is 0 Å². The highest BCUT2D eigenvalue weighted by molar-refractivity contribution is 6.18. The number of fused-ring (bicyclic) bond motifs is 5. The maximum Gasteiger partial charge on any atom is 0.160 e. The van der Waals surface area contributed by atoms with Gasteiger partial charge in [0.1, 0.15) is 11.2 Å². The molecule has 8 aromatic carbocycles. The fraction of sp³-hybridized carbons (Fsp3) is 0. The lowest BCUT2D eigenvalue weighted by atomic mass is 9.95. The maximum absolute atomic E-state index is 6.78. The second-order valence-electron chi connectivity index (χ2n) is 13.0. The number of furan rings is 1. The highest BCUT2D eigenvalue weighted by Gasteiger charge is 2.20. The van der Waals surface area contributed by atoms with E-state index in [0.29, 0.717) is 5.82 Å². The van der Waals surface area contributed by atoms with Gasteiger partial charge in [-0.05, 0) is 74.6 Å². The third-order valence-electron chi connectivity index (χ3n) is 9.85. The average molecular weight is 651 g/mol. The zero-order valence-electron chi connectivity index (χ0n) is 27.6. The van der Waals surface area contributed by atoms with Gasteiger partial charge in [0.15, 0.2) is 5.82 Å². The van der Waals surface area contributed by atoms with Crippen LogP contribution in [0.15, 0.2) is 186 Å².